The number of benzene rings is 2. The third-order valence-electron chi connectivity index (χ3n) is 4.93. The smallest absolute Gasteiger partial charge is 0.264 e. The van der Waals surface area contributed by atoms with Crippen molar-refractivity contribution in [2.45, 2.75) is 13.8 Å². The van der Waals surface area contributed by atoms with E-state index in [4.69, 9.17) is 14.5 Å². The van der Waals surface area contributed by atoms with E-state index in [2.05, 4.69) is 18.7 Å². The highest BCUT2D eigenvalue weighted by atomic mass is 32.1. The molecule has 0 saturated carbocycles. The molecule has 1 amide bonds. The first-order valence-electron chi connectivity index (χ1n) is 9.73. The maximum Gasteiger partial charge on any atom is 0.264 e. The molecule has 0 fully saturated rings. The van der Waals surface area contributed by atoms with Crippen molar-refractivity contribution in [3.05, 3.63) is 48.0 Å². The number of rotatable bonds is 9. The summed E-state index contributed by atoms with van der Waals surface area (Å²) in [5.74, 6) is 0.826. The molecule has 29 heavy (non-hydrogen) atoms. The molecule has 7 heteroatoms. The second kappa shape index (κ2) is 9.71. The molecule has 0 aliphatic carbocycles. The molecule has 3 aromatic rings. The van der Waals surface area contributed by atoms with Crippen LogP contribution >= 0.6 is 11.3 Å². The van der Waals surface area contributed by atoms with Gasteiger partial charge in [0.25, 0.3) is 5.91 Å². The molecule has 0 unspecified atom stereocenters. The number of thiazole rings is 1. The van der Waals surface area contributed by atoms with Crippen LogP contribution in [-0.2, 0) is 0 Å². The van der Waals surface area contributed by atoms with Gasteiger partial charge < -0.3 is 14.4 Å². The maximum atomic E-state index is 13.6. The number of hydrogen-bond acceptors (Lipinski definition) is 6. The first kappa shape index (κ1) is 21.1. The van der Waals surface area contributed by atoms with E-state index in [1.54, 1.807) is 37.3 Å². The van der Waals surface area contributed by atoms with Crippen molar-refractivity contribution in [2.24, 2.45) is 0 Å². The van der Waals surface area contributed by atoms with Gasteiger partial charge >= 0.3 is 0 Å². The molecule has 0 bridgehead atoms. The van der Waals surface area contributed by atoms with Gasteiger partial charge in [-0.1, -0.05) is 43.4 Å². The summed E-state index contributed by atoms with van der Waals surface area (Å²) in [4.78, 5) is 22.4. The lowest BCUT2D eigenvalue weighted by atomic mass is 10.1. The van der Waals surface area contributed by atoms with E-state index in [9.17, 15) is 4.79 Å². The van der Waals surface area contributed by atoms with Crippen molar-refractivity contribution < 1.29 is 14.3 Å². The normalized spacial score (nSPS) is 11.1. The fourth-order valence-corrected chi connectivity index (χ4v) is 4.23. The molecule has 0 N–H and O–H groups in total. The van der Waals surface area contributed by atoms with Crippen molar-refractivity contribution in [1.29, 1.82) is 0 Å². The Morgan fingerprint density at radius 2 is 1.76 bits per heavy atom. The second-order valence-corrected chi connectivity index (χ2v) is 7.50. The summed E-state index contributed by atoms with van der Waals surface area (Å²) >= 11 is 1.52. The van der Waals surface area contributed by atoms with Gasteiger partial charge in [0.05, 0.1) is 30.0 Å². The van der Waals surface area contributed by atoms with E-state index in [-0.39, 0.29) is 5.91 Å². The predicted octanol–water partition coefficient (Wildman–Crippen LogP) is 4.30. The van der Waals surface area contributed by atoms with Crippen LogP contribution in [0.2, 0.25) is 0 Å². The number of hydrogen-bond donors (Lipinski definition) is 0. The number of ether oxygens (including phenoxy) is 2. The molecule has 154 valence electrons. The number of methoxy groups -OCH3 is 2. The van der Waals surface area contributed by atoms with E-state index in [0.717, 1.165) is 29.9 Å². The van der Waals surface area contributed by atoms with E-state index in [0.29, 0.717) is 28.7 Å². The lowest BCUT2D eigenvalue weighted by Gasteiger charge is -2.25. The molecule has 0 aliphatic rings. The molecular formula is C22H27N3O3S. The summed E-state index contributed by atoms with van der Waals surface area (Å²) in [6, 6.07) is 13.3. The fourth-order valence-electron chi connectivity index (χ4n) is 3.24. The number of fused-ring (bicyclic) bond motifs is 1. The summed E-state index contributed by atoms with van der Waals surface area (Å²) < 4.78 is 11.9. The monoisotopic (exact) mass is 413 g/mol. The Balaban J connectivity index is 2.01. The molecule has 0 spiro atoms. The SMILES string of the molecule is CCN(CC)CCN(C(=O)c1cccc(OC)c1OC)c1nc2ccccc2s1. The summed E-state index contributed by atoms with van der Waals surface area (Å²) in [6.45, 7) is 7.42. The van der Waals surface area contributed by atoms with Crippen molar-refractivity contribution >= 4 is 32.6 Å². The number of nitrogens with zero attached hydrogens (tertiary/aromatic N) is 3. The lowest BCUT2D eigenvalue weighted by Crippen LogP contribution is -2.39. The Bertz CT molecular complexity index is 936. The standard InChI is InChI=1S/C22H27N3O3S/c1-5-24(6-2)14-15-25(22-23-17-11-7-8-13-19(17)29-22)21(26)16-10-9-12-18(27-3)20(16)28-4/h7-13H,5-6,14-15H2,1-4H3. The van der Waals surface area contributed by atoms with Crippen LogP contribution < -0.4 is 14.4 Å². The van der Waals surface area contributed by atoms with E-state index in [1.165, 1.54) is 11.3 Å². The molecule has 2 aromatic carbocycles. The average molecular weight is 414 g/mol. The Labute approximate surface area is 175 Å². The van der Waals surface area contributed by atoms with Gasteiger partial charge in [-0.2, -0.15) is 0 Å². The number of aromatic nitrogens is 1. The molecule has 1 heterocycles. The van der Waals surface area contributed by atoms with Gasteiger partial charge in [0.15, 0.2) is 16.6 Å². The number of likely N-dealkylation sites (N-methyl/N-ethyl adjacent to an activating group) is 1. The molecule has 1 aromatic heterocycles. The van der Waals surface area contributed by atoms with Gasteiger partial charge in [0.1, 0.15) is 0 Å². The van der Waals surface area contributed by atoms with E-state index in [1.807, 2.05) is 24.3 Å². The van der Waals surface area contributed by atoms with Crippen LogP contribution in [0.25, 0.3) is 10.2 Å². The summed E-state index contributed by atoms with van der Waals surface area (Å²) in [7, 11) is 3.12. The van der Waals surface area contributed by atoms with Gasteiger partial charge in [0.2, 0.25) is 0 Å². The first-order chi connectivity index (χ1) is 14.1. The van der Waals surface area contributed by atoms with Gasteiger partial charge in [-0.3, -0.25) is 9.69 Å². The lowest BCUT2D eigenvalue weighted by molar-refractivity contribution is 0.0980. The minimum absolute atomic E-state index is 0.146. The molecule has 0 saturated heterocycles. The number of carbonyl (C=O) groups is 1. The van der Waals surface area contributed by atoms with Crippen LogP contribution in [0.3, 0.4) is 0 Å². The van der Waals surface area contributed by atoms with Crippen LogP contribution in [0.15, 0.2) is 42.5 Å². The molecule has 6 nitrogen and oxygen atoms in total. The number of amides is 1. The second-order valence-electron chi connectivity index (χ2n) is 6.49. The highest BCUT2D eigenvalue weighted by molar-refractivity contribution is 7.22. The molecule has 3 rings (SSSR count). The average Bonchev–Trinajstić information content (AvgIpc) is 3.19. The van der Waals surface area contributed by atoms with Crippen molar-refractivity contribution in [1.82, 2.24) is 9.88 Å². The summed E-state index contributed by atoms with van der Waals surface area (Å²) in [6.07, 6.45) is 0. The van der Waals surface area contributed by atoms with E-state index < -0.39 is 0 Å². The van der Waals surface area contributed by atoms with Crippen molar-refractivity contribution in [3.8, 4) is 11.5 Å². The largest absolute Gasteiger partial charge is 0.493 e. The quantitative estimate of drug-likeness (QED) is 0.523. The zero-order chi connectivity index (χ0) is 20.8. The zero-order valence-corrected chi connectivity index (χ0v) is 18.2. The number of carbonyl (C=O) groups excluding carboxylic acids is 1. The first-order valence-corrected chi connectivity index (χ1v) is 10.5. The van der Waals surface area contributed by atoms with Crippen LogP contribution in [0, 0.1) is 0 Å². The van der Waals surface area contributed by atoms with Gasteiger partial charge in [-0.15, -0.1) is 0 Å². The third kappa shape index (κ3) is 4.52. The summed E-state index contributed by atoms with van der Waals surface area (Å²) in [5, 5.41) is 0.688. The van der Waals surface area contributed by atoms with Gasteiger partial charge in [-0.25, -0.2) is 4.98 Å². The Kier molecular flexibility index (Phi) is 7.06. The highest BCUT2D eigenvalue weighted by Gasteiger charge is 2.26. The van der Waals surface area contributed by atoms with Crippen LogP contribution in [0.5, 0.6) is 11.5 Å². The van der Waals surface area contributed by atoms with Gasteiger partial charge in [-0.05, 0) is 37.4 Å². The van der Waals surface area contributed by atoms with Crippen LogP contribution in [-0.4, -0.2) is 56.2 Å². The Morgan fingerprint density at radius 1 is 1.00 bits per heavy atom. The van der Waals surface area contributed by atoms with Crippen LogP contribution in [0.1, 0.15) is 24.2 Å². The fraction of sp³-hybridized carbons (Fsp3) is 0.364. The van der Waals surface area contributed by atoms with E-state index >= 15 is 0 Å². The highest BCUT2D eigenvalue weighted by Crippen LogP contribution is 2.34. The molecular weight excluding hydrogens is 386 g/mol. The van der Waals surface area contributed by atoms with Crippen molar-refractivity contribution in [3.63, 3.8) is 0 Å². The number of anilines is 1. The molecule has 0 atom stereocenters. The minimum Gasteiger partial charge on any atom is -0.493 e. The van der Waals surface area contributed by atoms with Crippen molar-refractivity contribution in [2.75, 3.05) is 45.3 Å². The van der Waals surface area contributed by atoms with Gasteiger partial charge in [0, 0.05) is 13.1 Å². The van der Waals surface area contributed by atoms with Crippen LogP contribution in [0.4, 0.5) is 5.13 Å². The zero-order valence-electron chi connectivity index (χ0n) is 17.3. The third-order valence-corrected chi connectivity index (χ3v) is 5.99. The maximum absolute atomic E-state index is 13.6. The molecule has 0 aliphatic heterocycles. The molecule has 0 radical (unpaired) electrons. The Hall–Kier alpha value is -2.64. The number of para-hydroxylation sites is 2. The topological polar surface area (TPSA) is 54.9 Å². The summed E-state index contributed by atoms with van der Waals surface area (Å²) in [5.41, 5.74) is 1.36. The Morgan fingerprint density at radius 3 is 2.41 bits per heavy atom. The predicted molar refractivity (Wildman–Crippen MR) is 119 cm³/mol. The minimum atomic E-state index is -0.146.